The fourth-order valence-electron chi connectivity index (χ4n) is 1.96. The summed E-state index contributed by atoms with van der Waals surface area (Å²) in [5.41, 5.74) is 7.85. The van der Waals surface area contributed by atoms with Crippen molar-refractivity contribution in [1.82, 2.24) is 9.97 Å². The van der Waals surface area contributed by atoms with Gasteiger partial charge in [-0.15, -0.1) is 0 Å². The van der Waals surface area contributed by atoms with Gasteiger partial charge < -0.3 is 10.5 Å². The maximum atomic E-state index is 5.96. The van der Waals surface area contributed by atoms with Crippen molar-refractivity contribution in [3.63, 3.8) is 0 Å². The summed E-state index contributed by atoms with van der Waals surface area (Å²) >= 11 is 3.46. The van der Waals surface area contributed by atoms with Crippen molar-refractivity contribution in [2.75, 3.05) is 12.3 Å². The van der Waals surface area contributed by atoms with Crippen LogP contribution in [0.25, 0.3) is 11.4 Å². The molecule has 2 aromatic rings. The Hall–Kier alpha value is -1.62. The Kier molecular flexibility index (Phi) is 5.56. The zero-order valence-corrected chi connectivity index (χ0v) is 14.0. The molecule has 21 heavy (non-hydrogen) atoms. The highest BCUT2D eigenvalue weighted by Gasteiger charge is 2.11. The molecular weight excluding hydrogens is 330 g/mol. The van der Waals surface area contributed by atoms with Crippen molar-refractivity contribution < 1.29 is 4.74 Å². The molecule has 1 aromatic carbocycles. The van der Waals surface area contributed by atoms with E-state index in [1.165, 1.54) is 0 Å². The van der Waals surface area contributed by atoms with E-state index in [0.29, 0.717) is 11.6 Å². The molecule has 0 radical (unpaired) electrons. The number of nitrogens with zero attached hydrogens (tertiary/aromatic N) is 2. The Labute approximate surface area is 133 Å². The molecule has 2 rings (SSSR count). The molecule has 0 aliphatic carbocycles. The highest BCUT2D eigenvalue weighted by atomic mass is 79.9. The average Bonchev–Trinajstić information content (AvgIpc) is 2.50. The molecule has 0 saturated heterocycles. The summed E-state index contributed by atoms with van der Waals surface area (Å²) in [5, 5.41) is 0. The van der Waals surface area contributed by atoms with Crippen LogP contribution in [0.1, 0.15) is 32.4 Å². The van der Waals surface area contributed by atoms with E-state index < -0.39 is 0 Å². The summed E-state index contributed by atoms with van der Waals surface area (Å²) in [7, 11) is 0. The molecule has 1 aromatic heterocycles. The van der Waals surface area contributed by atoms with E-state index in [0.717, 1.165) is 47.3 Å². The van der Waals surface area contributed by atoms with E-state index in [2.05, 4.69) is 39.7 Å². The lowest BCUT2D eigenvalue weighted by Gasteiger charge is -2.09. The summed E-state index contributed by atoms with van der Waals surface area (Å²) in [6.45, 7) is 4.92. The van der Waals surface area contributed by atoms with E-state index in [4.69, 9.17) is 10.5 Å². The van der Waals surface area contributed by atoms with Crippen molar-refractivity contribution in [3.05, 3.63) is 34.4 Å². The molecule has 0 spiro atoms. The van der Waals surface area contributed by atoms with Gasteiger partial charge >= 0.3 is 0 Å². The van der Waals surface area contributed by atoms with E-state index in [1.54, 1.807) is 0 Å². The lowest BCUT2D eigenvalue weighted by Crippen LogP contribution is -2.03. The third-order valence-electron chi connectivity index (χ3n) is 3.02. The van der Waals surface area contributed by atoms with Gasteiger partial charge in [-0.25, -0.2) is 9.97 Å². The minimum Gasteiger partial charge on any atom is -0.494 e. The van der Waals surface area contributed by atoms with Gasteiger partial charge in [0.1, 0.15) is 11.6 Å². The summed E-state index contributed by atoms with van der Waals surface area (Å²) in [6.07, 6.45) is 2.88. The fourth-order valence-corrected chi connectivity index (χ4v) is 2.34. The van der Waals surface area contributed by atoms with E-state index in [9.17, 15) is 0 Å². The first kappa shape index (κ1) is 15.8. The number of rotatable bonds is 6. The quantitative estimate of drug-likeness (QED) is 0.847. The van der Waals surface area contributed by atoms with Crippen molar-refractivity contribution >= 4 is 21.7 Å². The standard InChI is InChI=1S/C16H20BrN3O/c1-3-5-13-14(17)15(18)20-16(19-13)11-6-8-12(9-7-11)21-10-4-2/h6-9H,3-5,10H2,1-2H3,(H2,18,19,20). The average molecular weight is 350 g/mol. The molecule has 0 unspecified atom stereocenters. The number of anilines is 1. The maximum Gasteiger partial charge on any atom is 0.161 e. The van der Waals surface area contributed by atoms with Gasteiger partial charge in [-0.2, -0.15) is 0 Å². The Morgan fingerprint density at radius 2 is 1.81 bits per heavy atom. The number of ether oxygens (including phenoxy) is 1. The minimum absolute atomic E-state index is 0.481. The first-order valence-corrected chi connectivity index (χ1v) is 8.00. The van der Waals surface area contributed by atoms with Crippen LogP contribution >= 0.6 is 15.9 Å². The number of halogens is 1. The van der Waals surface area contributed by atoms with E-state index in [-0.39, 0.29) is 0 Å². The summed E-state index contributed by atoms with van der Waals surface area (Å²) in [4.78, 5) is 8.96. The van der Waals surface area contributed by atoms with Crippen LogP contribution < -0.4 is 10.5 Å². The van der Waals surface area contributed by atoms with Crippen LogP contribution in [0, 0.1) is 0 Å². The van der Waals surface area contributed by atoms with Crippen LogP contribution in [0.15, 0.2) is 28.7 Å². The molecule has 0 bridgehead atoms. The number of nitrogen functional groups attached to an aromatic ring is 1. The Balaban J connectivity index is 2.28. The SMILES string of the molecule is CCCOc1ccc(-c2nc(N)c(Br)c(CCC)n2)cc1. The zero-order valence-electron chi connectivity index (χ0n) is 12.4. The number of nitrogens with two attached hydrogens (primary N) is 1. The Bertz CT molecular complexity index is 599. The Morgan fingerprint density at radius 3 is 2.43 bits per heavy atom. The molecule has 4 nitrogen and oxygen atoms in total. The van der Waals surface area contributed by atoms with Crippen LogP contribution in [-0.2, 0) is 6.42 Å². The Morgan fingerprint density at radius 1 is 1.10 bits per heavy atom. The van der Waals surface area contributed by atoms with Gasteiger partial charge in [0.15, 0.2) is 5.82 Å². The normalized spacial score (nSPS) is 10.6. The number of hydrogen-bond donors (Lipinski definition) is 1. The van der Waals surface area contributed by atoms with Crippen molar-refractivity contribution in [3.8, 4) is 17.1 Å². The van der Waals surface area contributed by atoms with E-state index in [1.807, 2.05) is 24.3 Å². The predicted octanol–water partition coefficient (Wildman–Crippen LogP) is 4.23. The lowest BCUT2D eigenvalue weighted by atomic mass is 10.2. The molecule has 0 saturated carbocycles. The lowest BCUT2D eigenvalue weighted by molar-refractivity contribution is 0.317. The maximum absolute atomic E-state index is 5.96. The molecule has 1 heterocycles. The molecule has 0 amide bonds. The number of hydrogen-bond acceptors (Lipinski definition) is 4. The van der Waals surface area contributed by atoms with Crippen molar-refractivity contribution in [2.45, 2.75) is 33.1 Å². The number of aryl methyl sites for hydroxylation is 1. The van der Waals surface area contributed by atoms with Gasteiger partial charge in [-0.05, 0) is 53.0 Å². The monoisotopic (exact) mass is 349 g/mol. The third kappa shape index (κ3) is 3.94. The third-order valence-corrected chi connectivity index (χ3v) is 3.88. The minimum atomic E-state index is 0.481. The molecule has 5 heteroatoms. The van der Waals surface area contributed by atoms with Crippen molar-refractivity contribution in [2.24, 2.45) is 0 Å². The fraction of sp³-hybridized carbons (Fsp3) is 0.375. The largest absolute Gasteiger partial charge is 0.494 e. The van der Waals surface area contributed by atoms with Gasteiger partial charge in [0.2, 0.25) is 0 Å². The smallest absolute Gasteiger partial charge is 0.161 e. The predicted molar refractivity (Wildman–Crippen MR) is 89.4 cm³/mol. The van der Waals surface area contributed by atoms with Crippen LogP contribution in [0.4, 0.5) is 5.82 Å². The summed E-state index contributed by atoms with van der Waals surface area (Å²) in [6, 6.07) is 7.80. The highest BCUT2D eigenvalue weighted by Crippen LogP contribution is 2.27. The topological polar surface area (TPSA) is 61.0 Å². The molecule has 112 valence electrons. The molecule has 0 atom stereocenters. The molecule has 0 aliphatic heterocycles. The van der Waals surface area contributed by atoms with Gasteiger partial charge in [0.05, 0.1) is 16.8 Å². The van der Waals surface area contributed by atoms with Crippen molar-refractivity contribution in [1.29, 1.82) is 0 Å². The van der Waals surface area contributed by atoms with Gasteiger partial charge in [0.25, 0.3) is 0 Å². The van der Waals surface area contributed by atoms with Gasteiger partial charge in [-0.3, -0.25) is 0 Å². The van der Waals surface area contributed by atoms with Crippen LogP contribution in [0.3, 0.4) is 0 Å². The molecule has 2 N–H and O–H groups in total. The van der Waals surface area contributed by atoms with E-state index >= 15 is 0 Å². The van der Waals surface area contributed by atoms with Gasteiger partial charge in [-0.1, -0.05) is 20.3 Å². The number of benzene rings is 1. The first-order chi connectivity index (χ1) is 10.2. The highest BCUT2D eigenvalue weighted by molar-refractivity contribution is 9.10. The van der Waals surface area contributed by atoms with Gasteiger partial charge in [0, 0.05) is 5.56 Å². The summed E-state index contributed by atoms with van der Waals surface area (Å²) in [5.74, 6) is 2.00. The van der Waals surface area contributed by atoms with Crippen LogP contribution in [0.5, 0.6) is 5.75 Å². The molecule has 0 fully saturated rings. The molecular formula is C16H20BrN3O. The van der Waals surface area contributed by atoms with Crippen LogP contribution in [0.2, 0.25) is 0 Å². The second-order valence-electron chi connectivity index (χ2n) is 4.82. The van der Waals surface area contributed by atoms with Crippen LogP contribution in [-0.4, -0.2) is 16.6 Å². The zero-order chi connectivity index (χ0) is 15.2. The molecule has 0 aliphatic rings. The number of aromatic nitrogens is 2. The summed E-state index contributed by atoms with van der Waals surface area (Å²) < 4.78 is 6.38. The first-order valence-electron chi connectivity index (χ1n) is 7.20. The second kappa shape index (κ2) is 7.41. The second-order valence-corrected chi connectivity index (χ2v) is 5.61.